The molecule has 0 unspecified atom stereocenters. The number of guanidine groups is 1. The molecule has 0 spiro atoms. The zero-order valence-corrected chi connectivity index (χ0v) is 18.2. The Kier molecular flexibility index (Phi) is 7.86. The Labute approximate surface area is 172 Å². The summed E-state index contributed by atoms with van der Waals surface area (Å²) in [6.07, 6.45) is 0. The van der Waals surface area contributed by atoms with Crippen LogP contribution in [-0.2, 0) is 16.6 Å². The smallest absolute Gasteiger partial charge is 0.242 e. The first-order valence-electron chi connectivity index (χ1n) is 9.10. The van der Waals surface area contributed by atoms with E-state index in [0.717, 1.165) is 11.3 Å². The van der Waals surface area contributed by atoms with Crippen molar-refractivity contribution in [3.05, 3.63) is 48.0 Å². The van der Waals surface area contributed by atoms with Crippen LogP contribution >= 0.6 is 0 Å². The molecule has 0 amide bonds. The zero-order chi connectivity index (χ0) is 21.4. The average Bonchev–Trinajstić information content (AvgIpc) is 2.72. The Morgan fingerprint density at radius 1 is 1.03 bits per heavy atom. The molecule has 29 heavy (non-hydrogen) atoms. The summed E-state index contributed by atoms with van der Waals surface area (Å²) >= 11 is 0. The summed E-state index contributed by atoms with van der Waals surface area (Å²) in [6, 6.07) is 12.2. The van der Waals surface area contributed by atoms with Crippen LogP contribution in [0.1, 0.15) is 12.5 Å². The topological polar surface area (TPSA) is 92.3 Å². The number of ether oxygens (including phenoxy) is 2. The highest BCUT2D eigenvalue weighted by molar-refractivity contribution is 7.89. The minimum atomic E-state index is -3.44. The third-order valence-corrected chi connectivity index (χ3v) is 5.94. The van der Waals surface area contributed by atoms with Crippen LogP contribution in [0.15, 0.2) is 52.4 Å². The summed E-state index contributed by atoms with van der Waals surface area (Å²) in [7, 11) is 2.76. The predicted octanol–water partition coefficient (Wildman–Crippen LogP) is 2.53. The number of sulfonamides is 1. The molecule has 2 N–H and O–H groups in total. The van der Waals surface area contributed by atoms with E-state index in [1.54, 1.807) is 38.5 Å². The summed E-state index contributed by atoms with van der Waals surface area (Å²) < 4.78 is 36.1. The van der Waals surface area contributed by atoms with Gasteiger partial charge in [0.15, 0.2) is 17.5 Å². The number of methoxy groups -OCH3 is 2. The number of benzene rings is 2. The van der Waals surface area contributed by atoms with Gasteiger partial charge in [-0.25, -0.2) is 17.7 Å². The molecular weight excluding hydrogens is 392 g/mol. The van der Waals surface area contributed by atoms with Gasteiger partial charge < -0.3 is 20.1 Å². The Morgan fingerprint density at radius 2 is 1.69 bits per heavy atom. The SMILES string of the molecule is CCNC(=NCc1ccc(S(=O)(=O)N(C)C)cc1)Nc1ccc(OC)c(OC)c1. The first-order valence-corrected chi connectivity index (χ1v) is 10.5. The van der Waals surface area contributed by atoms with Crippen molar-refractivity contribution in [2.45, 2.75) is 18.4 Å². The van der Waals surface area contributed by atoms with Crippen molar-refractivity contribution in [2.24, 2.45) is 4.99 Å². The highest BCUT2D eigenvalue weighted by Gasteiger charge is 2.16. The monoisotopic (exact) mass is 420 g/mol. The largest absolute Gasteiger partial charge is 0.493 e. The van der Waals surface area contributed by atoms with Crippen LogP contribution in [0.3, 0.4) is 0 Å². The standard InChI is InChI=1S/C20H28N4O4S/c1-6-21-20(23-16-9-12-18(27-4)19(13-16)28-5)22-14-15-7-10-17(11-8-15)29(25,26)24(2)3/h7-13H,6,14H2,1-5H3,(H2,21,22,23). The van der Waals surface area contributed by atoms with Crippen LogP contribution in [0.2, 0.25) is 0 Å². The van der Waals surface area contributed by atoms with E-state index in [9.17, 15) is 8.42 Å². The fourth-order valence-electron chi connectivity index (χ4n) is 2.51. The van der Waals surface area contributed by atoms with Crippen LogP contribution in [0.4, 0.5) is 5.69 Å². The van der Waals surface area contributed by atoms with Crippen LogP contribution in [0.25, 0.3) is 0 Å². The van der Waals surface area contributed by atoms with Gasteiger partial charge in [-0.15, -0.1) is 0 Å². The van der Waals surface area contributed by atoms with Crippen molar-refractivity contribution in [3.63, 3.8) is 0 Å². The summed E-state index contributed by atoms with van der Waals surface area (Å²) in [5.74, 6) is 1.86. The molecule has 0 saturated heterocycles. The zero-order valence-electron chi connectivity index (χ0n) is 17.4. The van der Waals surface area contributed by atoms with Crippen LogP contribution < -0.4 is 20.1 Å². The van der Waals surface area contributed by atoms with Gasteiger partial charge in [0, 0.05) is 32.4 Å². The lowest BCUT2D eigenvalue weighted by Gasteiger charge is -2.14. The molecule has 158 valence electrons. The lowest BCUT2D eigenvalue weighted by molar-refractivity contribution is 0.355. The average molecular weight is 421 g/mol. The summed E-state index contributed by atoms with van der Waals surface area (Å²) in [5, 5.41) is 6.41. The van der Waals surface area contributed by atoms with Crippen LogP contribution in [0.5, 0.6) is 11.5 Å². The summed E-state index contributed by atoms with van der Waals surface area (Å²) in [6.45, 7) is 3.07. The normalized spacial score (nSPS) is 12.0. The van der Waals surface area contributed by atoms with Gasteiger partial charge in [-0.1, -0.05) is 12.1 Å². The van der Waals surface area contributed by atoms with Crippen molar-refractivity contribution in [2.75, 3.05) is 40.2 Å². The van der Waals surface area contributed by atoms with Crippen LogP contribution in [0, 0.1) is 0 Å². The van der Waals surface area contributed by atoms with Gasteiger partial charge in [-0.2, -0.15) is 0 Å². The Bertz CT molecular complexity index is 941. The third kappa shape index (κ3) is 5.85. The second-order valence-corrected chi connectivity index (χ2v) is 8.47. The summed E-state index contributed by atoms with van der Waals surface area (Å²) in [4.78, 5) is 4.82. The van der Waals surface area contributed by atoms with Crippen molar-refractivity contribution in [3.8, 4) is 11.5 Å². The van der Waals surface area contributed by atoms with E-state index < -0.39 is 10.0 Å². The minimum absolute atomic E-state index is 0.255. The molecule has 0 atom stereocenters. The van der Waals surface area contributed by atoms with E-state index in [4.69, 9.17) is 9.47 Å². The minimum Gasteiger partial charge on any atom is -0.493 e. The van der Waals surface area contributed by atoms with E-state index in [1.165, 1.54) is 18.4 Å². The van der Waals surface area contributed by atoms with E-state index >= 15 is 0 Å². The molecule has 8 nitrogen and oxygen atoms in total. The fraction of sp³-hybridized carbons (Fsp3) is 0.350. The van der Waals surface area contributed by atoms with Gasteiger partial charge in [-0.3, -0.25) is 0 Å². The van der Waals surface area contributed by atoms with E-state index in [-0.39, 0.29) is 4.90 Å². The highest BCUT2D eigenvalue weighted by Crippen LogP contribution is 2.29. The first-order chi connectivity index (χ1) is 13.8. The number of hydrogen-bond acceptors (Lipinski definition) is 5. The quantitative estimate of drug-likeness (QED) is 0.504. The van der Waals surface area contributed by atoms with Gasteiger partial charge in [-0.05, 0) is 36.8 Å². The Hall–Kier alpha value is -2.78. The molecule has 0 aliphatic rings. The molecule has 2 rings (SSSR count). The highest BCUT2D eigenvalue weighted by atomic mass is 32.2. The van der Waals surface area contributed by atoms with Gasteiger partial charge in [0.25, 0.3) is 0 Å². The second kappa shape index (κ2) is 10.1. The van der Waals surface area contributed by atoms with Gasteiger partial charge in [0.05, 0.1) is 25.7 Å². The number of rotatable bonds is 8. The molecule has 0 saturated carbocycles. The number of hydrogen-bond donors (Lipinski definition) is 2. The molecule has 2 aromatic carbocycles. The van der Waals surface area contributed by atoms with Gasteiger partial charge >= 0.3 is 0 Å². The first kappa shape index (κ1) is 22.5. The second-order valence-electron chi connectivity index (χ2n) is 6.32. The lowest BCUT2D eigenvalue weighted by Crippen LogP contribution is -2.30. The number of anilines is 1. The molecular formula is C20H28N4O4S. The molecule has 0 aliphatic carbocycles. The fourth-order valence-corrected chi connectivity index (χ4v) is 3.41. The molecule has 0 fully saturated rings. The van der Waals surface area contributed by atoms with E-state index in [2.05, 4.69) is 15.6 Å². The van der Waals surface area contributed by atoms with E-state index in [0.29, 0.717) is 30.5 Å². The number of aliphatic imine (C=N–C) groups is 1. The van der Waals surface area contributed by atoms with Crippen molar-refractivity contribution in [1.82, 2.24) is 9.62 Å². The summed E-state index contributed by atoms with van der Waals surface area (Å²) in [5.41, 5.74) is 1.70. The Balaban J connectivity index is 2.15. The maximum absolute atomic E-state index is 12.2. The number of nitrogens with zero attached hydrogens (tertiary/aromatic N) is 2. The predicted molar refractivity (Wildman–Crippen MR) is 115 cm³/mol. The maximum Gasteiger partial charge on any atom is 0.242 e. The lowest BCUT2D eigenvalue weighted by atomic mass is 10.2. The maximum atomic E-state index is 12.2. The molecule has 9 heteroatoms. The van der Waals surface area contributed by atoms with Crippen molar-refractivity contribution >= 4 is 21.7 Å². The third-order valence-electron chi connectivity index (χ3n) is 4.11. The molecule has 2 aromatic rings. The molecule has 0 aliphatic heterocycles. The van der Waals surface area contributed by atoms with Crippen molar-refractivity contribution < 1.29 is 17.9 Å². The molecule has 0 bridgehead atoms. The Morgan fingerprint density at radius 3 is 2.24 bits per heavy atom. The van der Waals surface area contributed by atoms with Gasteiger partial charge in [0.1, 0.15) is 0 Å². The molecule has 0 aromatic heterocycles. The molecule has 0 radical (unpaired) electrons. The number of nitrogens with one attached hydrogen (secondary N) is 2. The van der Waals surface area contributed by atoms with Crippen molar-refractivity contribution in [1.29, 1.82) is 0 Å². The molecule has 0 heterocycles. The van der Waals surface area contributed by atoms with Crippen LogP contribution in [-0.4, -0.2) is 53.5 Å². The van der Waals surface area contributed by atoms with E-state index in [1.807, 2.05) is 25.1 Å². The van der Waals surface area contributed by atoms with Gasteiger partial charge in [0.2, 0.25) is 10.0 Å².